The van der Waals surface area contributed by atoms with E-state index >= 15 is 0 Å². The Labute approximate surface area is 200 Å². The summed E-state index contributed by atoms with van der Waals surface area (Å²) in [6.07, 6.45) is 1.22. The lowest BCUT2D eigenvalue weighted by molar-refractivity contribution is -0.142. The topological polar surface area (TPSA) is 169 Å². The lowest BCUT2D eigenvalue weighted by Crippen LogP contribution is -2.50. The van der Waals surface area contributed by atoms with Gasteiger partial charge in [0.05, 0.1) is 6.54 Å². The Morgan fingerprint density at radius 2 is 1.59 bits per heavy atom. The first-order valence-electron chi connectivity index (χ1n) is 11.1. The molecule has 0 bridgehead atoms. The van der Waals surface area contributed by atoms with E-state index in [1.807, 2.05) is 20.8 Å². The number of ether oxygens (including phenoxy) is 1. The van der Waals surface area contributed by atoms with Gasteiger partial charge in [-0.3, -0.25) is 19.2 Å². The number of benzene rings is 1. The van der Waals surface area contributed by atoms with E-state index in [4.69, 9.17) is 10.5 Å². The molecule has 0 spiro atoms. The molecule has 0 aliphatic heterocycles. The van der Waals surface area contributed by atoms with Crippen molar-refractivity contribution < 1.29 is 28.7 Å². The van der Waals surface area contributed by atoms with Crippen LogP contribution in [0.15, 0.2) is 24.3 Å². The summed E-state index contributed by atoms with van der Waals surface area (Å²) in [6, 6.07) is 5.68. The molecule has 0 aliphatic carbocycles. The zero-order valence-corrected chi connectivity index (χ0v) is 20.5. The van der Waals surface area contributed by atoms with Crippen LogP contribution in [0, 0.1) is 5.92 Å². The predicted molar refractivity (Wildman–Crippen MR) is 128 cm³/mol. The summed E-state index contributed by atoms with van der Waals surface area (Å²) in [5.41, 5.74) is 6.08. The number of carbonyl (C=O) groups excluding carboxylic acids is 5. The van der Waals surface area contributed by atoms with Crippen molar-refractivity contribution in [2.75, 3.05) is 18.4 Å². The van der Waals surface area contributed by atoms with Gasteiger partial charge in [-0.05, 0) is 30.0 Å². The second-order valence-electron chi connectivity index (χ2n) is 7.68. The second-order valence-corrected chi connectivity index (χ2v) is 7.68. The van der Waals surface area contributed by atoms with Gasteiger partial charge in [0.1, 0.15) is 12.6 Å². The fraction of sp³-hybridized carbons (Fsp3) is 0.522. The maximum atomic E-state index is 12.2. The molecule has 0 saturated heterocycles. The Morgan fingerprint density at radius 1 is 0.971 bits per heavy atom. The van der Waals surface area contributed by atoms with Crippen molar-refractivity contribution in [1.29, 1.82) is 0 Å². The fourth-order valence-electron chi connectivity index (χ4n) is 2.41. The summed E-state index contributed by atoms with van der Waals surface area (Å²) in [6.45, 7) is 9.27. The van der Waals surface area contributed by atoms with Gasteiger partial charge in [-0.15, -0.1) is 0 Å². The molecule has 1 aromatic rings. The number of urea groups is 1. The zero-order chi connectivity index (χ0) is 26.1. The van der Waals surface area contributed by atoms with Crippen LogP contribution in [0.5, 0.6) is 0 Å². The van der Waals surface area contributed by atoms with Gasteiger partial charge in [0, 0.05) is 25.6 Å². The van der Waals surface area contributed by atoms with E-state index in [1.165, 1.54) is 6.92 Å². The highest BCUT2D eigenvalue weighted by Gasteiger charge is 2.23. The van der Waals surface area contributed by atoms with Gasteiger partial charge in [-0.2, -0.15) is 0 Å². The van der Waals surface area contributed by atoms with Crippen molar-refractivity contribution in [3.8, 4) is 0 Å². The van der Waals surface area contributed by atoms with E-state index in [0.29, 0.717) is 12.2 Å². The van der Waals surface area contributed by atoms with Gasteiger partial charge in [-0.1, -0.05) is 39.8 Å². The lowest BCUT2D eigenvalue weighted by Gasteiger charge is -2.21. The number of anilines is 1. The molecule has 0 saturated carbocycles. The van der Waals surface area contributed by atoms with E-state index in [2.05, 4.69) is 21.3 Å². The highest BCUT2D eigenvalue weighted by molar-refractivity contribution is 5.96. The van der Waals surface area contributed by atoms with Gasteiger partial charge < -0.3 is 31.7 Å². The van der Waals surface area contributed by atoms with Crippen molar-refractivity contribution in [1.82, 2.24) is 16.0 Å². The molecular weight excluding hydrogens is 442 g/mol. The molecule has 1 aromatic carbocycles. The van der Waals surface area contributed by atoms with Crippen LogP contribution in [0.2, 0.25) is 0 Å². The van der Waals surface area contributed by atoms with Crippen molar-refractivity contribution in [3.05, 3.63) is 29.8 Å². The first-order chi connectivity index (χ1) is 16.0. The number of hydrogen-bond acceptors (Lipinski definition) is 6. The number of rotatable bonds is 11. The third-order valence-corrected chi connectivity index (χ3v) is 4.24. The van der Waals surface area contributed by atoms with Crippen LogP contribution < -0.4 is 27.0 Å². The lowest BCUT2D eigenvalue weighted by atomic mass is 10.0. The van der Waals surface area contributed by atoms with Crippen molar-refractivity contribution in [2.24, 2.45) is 11.7 Å². The molecule has 0 fully saturated rings. The highest BCUT2D eigenvalue weighted by Crippen LogP contribution is 2.10. The molecule has 0 heterocycles. The summed E-state index contributed by atoms with van der Waals surface area (Å²) in [5.74, 6) is -1.48. The largest absolute Gasteiger partial charge is 0.461 e. The average molecular weight is 480 g/mol. The summed E-state index contributed by atoms with van der Waals surface area (Å²) >= 11 is 0. The SMILES string of the molecule is CCC(=O)NC(C(=O)NCC(=O)Nc1ccc(COC(C)=O)cc1)C(C)C.CCCNC(N)=O. The quantitative estimate of drug-likeness (QED) is 0.301. The van der Waals surface area contributed by atoms with Crippen LogP contribution in [0.4, 0.5) is 10.5 Å². The van der Waals surface area contributed by atoms with Crippen molar-refractivity contribution in [3.63, 3.8) is 0 Å². The van der Waals surface area contributed by atoms with E-state index in [0.717, 1.165) is 12.0 Å². The minimum atomic E-state index is -0.689. The van der Waals surface area contributed by atoms with Crippen molar-refractivity contribution in [2.45, 2.75) is 60.1 Å². The molecule has 0 radical (unpaired) electrons. The Hall–Kier alpha value is -3.63. The third-order valence-electron chi connectivity index (χ3n) is 4.24. The van der Waals surface area contributed by atoms with Gasteiger partial charge in [-0.25, -0.2) is 4.79 Å². The van der Waals surface area contributed by atoms with Crippen LogP contribution >= 0.6 is 0 Å². The number of nitrogens with one attached hydrogen (secondary N) is 4. The average Bonchev–Trinajstić information content (AvgIpc) is 2.79. The van der Waals surface area contributed by atoms with Crippen molar-refractivity contribution >= 4 is 35.4 Å². The normalized spacial score (nSPS) is 10.8. The molecule has 1 rings (SSSR count). The Kier molecular flexibility index (Phi) is 15.1. The van der Waals surface area contributed by atoms with Crippen LogP contribution in [-0.4, -0.2) is 48.9 Å². The maximum Gasteiger partial charge on any atom is 0.312 e. The third kappa shape index (κ3) is 14.4. The molecule has 0 aliphatic rings. The van der Waals surface area contributed by atoms with E-state index in [9.17, 15) is 24.0 Å². The molecule has 6 N–H and O–H groups in total. The molecular formula is C23H37N5O6. The number of amides is 5. The first kappa shape index (κ1) is 30.4. The Balaban J connectivity index is 0.00000135. The monoisotopic (exact) mass is 479 g/mol. The number of carbonyl (C=O) groups is 5. The number of nitrogens with two attached hydrogens (primary N) is 1. The number of esters is 1. The molecule has 34 heavy (non-hydrogen) atoms. The second kappa shape index (κ2) is 16.9. The van der Waals surface area contributed by atoms with E-state index in [1.54, 1.807) is 31.2 Å². The molecule has 1 atom stereocenters. The van der Waals surface area contributed by atoms with Crippen LogP contribution in [0.1, 0.15) is 53.0 Å². The standard InChI is InChI=1S/C19H27N3O5.C4H10N2O/c1-5-16(24)22-18(12(2)3)19(26)20-10-17(25)21-15-8-6-14(7-9-15)11-27-13(4)23;1-2-3-6-4(5)7/h6-9,12,18H,5,10-11H2,1-4H3,(H,20,26)(H,21,25)(H,22,24);2-3H2,1H3,(H3,5,6,7). The van der Waals surface area contributed by atoms with Crippen LogP contribution in [0.25, 0.3) is 0 Å². The maximum absolute atomic E-state index is 12.2. The van der Waals surface area contributed by atoms with E-state index < -0.39 is 18.0 Å². The number of primary amides is 1. The molecule has 5 amide bonds. The summed E-state index contributed by atoms with van der Waals surface area (Å²) in [4.78, 5) is 56.4. The van der Waals surface area contributed by atoms with E-state index in [-0.39, 0.29) is 43.3 Å². The molecule has 190 valence electrons. The molecule has 11 nitrogen and oxygen atoms in total. The Bertz CT molecular complexity index is 811. The fourth-order valence-corrected chi connectivity index (χ4v) is 2.41. The highest BCUT2D eigenvalue weighted by atomic mass is 16.5. The summed E-state index contributed by atoms with van der Waals surface area (Å²) < 4.78 is 4.89. The molecule has 1 unspecified atom stereocenters. The minimum absolute atomic E-state index is 0.103. The predicted octanol–water partition coefficient (Wildman–Crippen LogP) is 1.42. The van der Waals surface area contributed by atoms with Gasteiger partial charge in [0.2, 0.25) is 17.7 Å². The Morgan fingerprint density at radius 3 is 2.03 bits per heavy atom. The summed E-state index contributed by atoms with van der Waals surface area (Å²) in [5, 5.41) is 10.3. The number of hydrogen-bond donors (Lipinski definition) is 5. The van der Waals surface area contributed by atoms with Gasteiger partial charge >= 0.3 is 12.0 Å². The zero-order valence-electron chi connectivity index (χ0n) is 20.5. The first-order valence-corrected chi connectivity index (χ1v) is 11.1. The van der Waals surface area contributed by atoms with Gasteiger partial charge in [0.25, 0.3) is 0 Å². The summed E-state index contributed by atoms with van der Waals surface area (Å²) in [7, 11) is 0. The molecule has 11 heteroatoms. The van der Waals surface area contributed by atoms with Crippen LogP contribution in [0.3, 0.4) is 0 Å². The smallest absolute Gasteiger partial charge is 0.312 e. The minimum Gasteiger partial charge on any atom is -0.461 e. The van der Waals surface area contributed by atoms with Crippen LogP contribution in [-0.2, 0) is 30.5 Å². The molecule has 0 aromatic heterocycles. The van der Waals surface area contributed by atoms with Gasteiger partial charge in [0.15, 0.2) is 0 Å².